The maximum Gasteiger partial charge on any atom is 0.274 e. The predicted molar refractivity (Wildman–Crippen MR) is 85.2 cm³/mol. The van der Waals surface area contributed by atoms with E-state index in [0.29, 0.717) is 11.5 Å². The van der Waals surface area contributed by atoms with Gasteiger partial charge in [0, 0.05) is 16.7 Å². The van der Waals surface area contributed by atoms with Gasteiger partial charge in [-0.2, -0.15) is 0 Å². The molecule has 1 aromatic carbocycles. The molecule has 0 unspecified atom stereocenters. The summed E-state index contributed by atoms with van der Waals surface area (Å²) >= 11 is 3.45. The molecule has 1 heterocycles. The lowest BCUT2D eigenvalue weighted by Crippen LogP contribution is -2.14. The monoisotopic (exact) mass is 333 g/mol. The number of hydrogen-bond acceptors (Lipinski definition) is 3. The molecule has 0 saturated carbocycles. The fraction of sp³-hybridized carbons (Fsp3) is 0.200. The molecule has 0 bridgehead atoms. The molecular weight excluding hydrogens is 318 g/mol. The molecule has 1 aromatic heterocycles. The van der Waals surface area contributed by atoms with Gasteiger partial charge in [-0.25, -0.2) is 4.98 Å². The summed E-state index contributed by atoms with van der Waals surface area (Å²) in [6, 6.07) is 11.0. The number of hydrogen-bond donors (Lipinski definition) is 2. The first kappa shape index (κ1) is 14.5. The van der Waals surface area contributed by atoms with E-state index in [1.807, 2.05) is 44.2 Å². The Labute approximate surface area is 126 Å². The summed E-state index contributed by atoms with van der Waals surface area (Å²) in [6.07, 6.45) is 0. The van der Waals surface area contributed by atoms with E-state index in [1.54, 1.807) is 6.07 Å². The average molecular weight is 334 g/mol. The van der Waals surface area contributed by atoms with Gasteiger partial charge in [0.25, 0.3) is 5.91 Å². The highest BCUT2D eigenvalue weighted by Gasteiger charge is 2.09. The smallest absolute Gasteiger partial charge is 0.274 e. The normalized spacial score (nSPS) is 10.2. The van der Waals surface area contributed by atoms with E-state index >= 15 is 0 Å². The topological polar surface area (TPSA) is 54.0 Å². The lowest BCUT2D eigenvalue weighted by Gasteiger charge is -2.08. The Balaban J connectivity index is 2.15. The molecule has 0 aliphatic heterocycles. The minimum Gasteiger partial charge on any atom is -0.370 e. The minimum atomic E-state index is -0.222. The highest BCUT2D eigenvalue weighted by atomic mass is 79.9. The molecule has 0 atom stereocenters. The van der Waals surface area contributed by atoms with Crippen LogP contribution in [0.3, 0.4) is 0 Å². The van der Waals surface area contributed by atoms with Gasteiger partial charge in [-0.3, -0.25) is 4.79 Å². The zero-order valence-electron chi connectivity index (χ0n) is 11.4. The molecule has 5 heteroatoms. The molecule has 0 aliphatic carbocycles. The van der Waals surface area contributed by atoms with Gasteiger partial charge in [0.05, 0.1) is 0 Å². The molecule has 1 amide bonds. The minimum absolute atomic E-state index is 0.222. The molecule has 4 nitrogen and oxygen atoms in total. The van der Waals surface area contributed by atoms with Crippen LogP contribution in [-0.4, -0.2) is 17.4 Å². The number of aromatic nitrogens is 1. The molecule has 104 valence electrons. The third kappa shape index (κ3) is 3.57. The Morgan fingerprint density at radius 2 is 2.10 bits per heavy atom. The van der Waals surface area contributed by atoms with Crippen molar-refractivity contribution >= 4 is 33.3 Å². The van der Waals surface area contributed by atoms with Gasteiger partial charge in [0.2, 0.25) is 0 Å². The number of carbonyl (C=O) groups excluding carboxylic acids is 1. The number of anilines is 2. The molecule has 0 saturated heterocycles. The lowest BCUT2D eigenvalue weighted by atomic mass is 10.2. The van der Waals surface area contributed by atoms with Crippen LogP contribution in [0.4, 0.5) is 11.5 Å². The van der Waals surface area contributed by atoms with Crippen molar-refractivity contribution in [2.24, 2.45) is 0 Å². The van der Waals surface area contributed by atoms with Gasteiger partial charge in [-0.05, 0) is 43.7 Å². The van der Waals surface area contributed by atoms with Crippen molar-refractivity contribution in [3.05, 3.63) is 52.1 Å². The zero-order chi connectivity index (χ0) is 14.5. The number of rotatable bonds is 4. The first-order valence-electron chi connectivity index (χ1n) is 6.38. The maximum absolute atomic E-state index is 12.2. The molecule has 0 fully saturated rings. The summed E-state index contributed by atoms with van der Waals surface area (Å²) in [5, 5.41) is 5.92. The molecule has 0 spiro atoms. The van der Waals surface area contributed by atoms with Crippen molar-refractivity contribution in [3.8, 4) is 0 Å². The number of aryl methyl sites for hydroxylation is 1. The van der Waals surface area contributed by atoms with E-state index in [4.69, 9.17) is 0 Å². The van der Waals surface area contributed by atoms with Crippen LogP contribution < -0.4 is 10.6 Å². The first-order chi connectivity index (χ1) is 9.60. The van der Waals surface area contributed by atoms with E-state index in [-0.39, 0.29) is 5.91 Å². The van der Waals surface area contributed by atoms with Crippen LogP contribution in [0.25, 0.3) is 0 Å². The Hall–Kier alpha value is -1.88. The van der Waals surface area contributed by atoms with Crippen molar-refractivity contribution in [3.63, 3.8) is 0 Å². The number of nitrogens with one attached hydrogen (secondary N) is 2. The third-order valence-corrected chi connectivity index (χ3v) is 3.62. The van der Waals surface area contributed by atoms with E-state index in [9.17, 15) is 4.79 Å². The summed E-state index contributed by atoms with van der Waals surface area (Å²) in [7, 11) is 0. The number of halogens is 1. The summed E-state index contributed by atoms with van der Waals surface area (Å²) in [5.41, 5.74) is 2.25. The van der Waals surface area contributed by atoms with E-state index in [1.165, 1.54) is 0 Å². The van der Waals surface area contributed by atoms with Crippen LogP contribution >= 0.6 is 15.9 Å². The van der Waals surface area contributed by atoms with Crippen LogP contribution in [0.15, 0.2) is 40.9 Å². The Morgan fingerprint density at radius 1 is 1.30 bits per heavy atom. The van der Waals surface area contributed by atoms with Crippen molar-refractivity contribution in [1.82, 2.24) is 4.98 Å². The molecule has 2 N–H and O–H groups in total. The molecule has 2 aromatic rings. The largest absolute Gasteiger partial charge is 0.370 e. The van der Waals surface area contributed by atoms with Gasteiger partial charge in [-0.15, -0.1) is 0 Å². The number of pyridine rings is 1. The second-order valence-electron chi connectivity index (χ2n) is 4.36. The van der Waals surface area contributed by atoms with Gasteiger partial charge in [-0.1, -0.05) is 28.1 Å². The standard InChI is InChI=1S/C15H16BrN3O/c1-3-17-14-6-4-5-13(19-14)15(20)18-11-8-7-10(2)12(16)9-11/h4-9H,3H2,1-2H3,(H,17,19)(H,18,20). The van der Waals surface area contributed by atoms with Crippen molar-refractivity contribution in [2.45, 2.75) is 13.8 Å². The maximum atomic E-state index is 12.2. The van der Waals surface area contributed by atoms with E-state index in [0.717, 1.165) is 22.3 Å². The summed E-state index contributed by atoms with van der Waals surface area (Å²) in [5.74, 6) is 0.478. The van der Waals surface area contributed by atoms with Gasteiger partial charge >= 0.3 is 0 Å². The zero-order valence-corrected chi connectivity index (χ0v) is 13.0. The number of benzene rings is 1. The number of nitrogens with zero attached hydrogens (tertiary/aromatic N) is 1. The lowest BCUT2D eigenvalue weighted by molar-refractivity contribution is 0.102. The van der Waals surface area contributed by atoms with Gasteiger partial charge in [0.15, 0.2) is 0 Å². The van der Waals surface area contributed by atoms with Crippen LogP contribution in [0.5, 0.6) is 0 Å². The van der Waals surface area contributed by atoms with Crippen molar-refractivity contribution < 1.29 is 4.79 Å². The fourth-order valence-electron chi connectivity index (χ4n) is 1.71. The Morgan fingerprint density at radius 3 is 2.80 bits per heavy atom. The van der Waals surface area contributed by atoms with Crippen LogP contribution in [-0.2, 0) is 0 Å². The van der Waals surface area contributed by atoms with E-state index < -0.39 is 0 Å². The van der Waals surface area contributed by atoms with Gasteiger partial charge in [0.1, 0.15) is 11.5 Å². The summed E-state index contributed by atoms with van der Waals surface area (Å²) in [6.45, 7) is 4.75. The number of carbonyl (C=O) groups is 1. The van der Waals surface area contributed by atoms with Crippen molar-refractivity contribution in [1.29, 1.82) is 0 Å². The van der Waals surface area contributed by atoms with Crippen LogP contribution in [0.1, 0.15) is 23.0 Å². The second kappa shape index (κ2) is 6.52. The van der Waals surface area contributed by atoms with Crippen LogP contribution in [0.2, 0.25) is 0 Å². The fourth-order valence-corrected chi connectivity index (χ4v) is 2.09. The highest BCUT2D eigenvalue weighted by molar-refractivity contribution is 9.10. The highest BCUT2D eigenvalue weighted by Crippen LogP contribution is 2.21. The second-order valence-corrected chi connectivity index (χ2v) is 5.21. The molecular formula is C15H16BrN3O. The molecule has 20 heavy (non-hydrogen) atoms. The SMILES string of the molecule is CCNc1cccc(C(=O)Nc2ccc(C)c(Br)c2)n1. The first-order valence-corrected chi connectivity index (χ1v) is 7.18. The Kier molecular flexibility index (Phi) is 4.74. The number of amides is 1. The van der Waals surface area contributed by atoms with Crippen molar-refractivity contribution in [2.75, 3.05) is 17.2 Å². The average Bonchev–Trinajstić information content (AvgIpc) is 2.43. The summed E-state index contributed by atoms with van der Waals surface area (Å²) < 4.78 is 0.963. The summed E-state index contributed by atoms with van der Waals surface area (Å²) in [4.78, 5) is 16.4. The van der Waals surface area contributed by atoms with Gasteiger partial charge < -0.3 is 10.6 Å². The predicted octanol–water partition coefficient (Wildman–Crippen LogP) is 3.84. The third-order valence-electron chi connectivity index (χ3n) is 2.77. The quantitative estimate of drug-likeness (QED) is 0.893. The Bertz CT molecular complexity index is 628. The van der Waals surface area contributed by atoms with Crippen LogP contribution in [0, 0.1) is 6.92 Å². The molecule has 2 rings (SSSR count). The van der Waals surface area contributed by atoms with E-state index in [2.05, 4.69) is 31.5 Å². The molecule has 0 radical (unpaired) electrons. The molecule has 0 aliphatic rings.